The van der Waals surface area contributed by atoms with Gasteiger partial charge in [-0.2, -0.15) is 13.2 Å². The van der Waals surface area contributed by atoms with Crippen LogP contribution < -0.4 is 4.57 Å². The third kappa shape index (κ3) is 6.90. The van der Waals surface area contributed by atoms with E-state index >= 15 is 0 Å². The molecule has 0 bridgehead atoms. The summed E-state index contributed by atoms with van der Waals surface area (Å²) < 4.78 is 61.1. The summed E-state index contributed by atoms with van der Waals surface area (Å²) in [5.74, 6) is 0. The lowest BCUT2D eigenvalue weighted by Crippen LogP contribution is -2.31. The Bertz CT molecular complexity index is 417. The van der Waals surface area contributed by atoms with Crippen molar-refractivity contribution in [3.63, 3.8) is 0 Å². The van der Waals surface area contributed by atoms with Crippen molar-refractivity contribution in [2.45, 2.75) is 25.4 Å². The Kier molecular flexibility index (Phi) is 6.11. The fourth-order valence-electron chi connectivity index (χ4n) is 0.842. The molecular formula is C9H12F3NO3S. The van der Waals surface area contributed by atoms with E-state index in [1.807, 2.05) is 6.07 Å². The van der Waals surface area contributed by atoms with E-state index in [0.717, 1.165) is 6.54 Å². The first-order valence-corrected chi connectivity index (χ1v) is 6.05. The number of aromatic nitrogens is 1. The highest BCUT2D eigenvalue weighted by Gasteiger charge is 2.36. The molecule has 0 aliphatic heterocycles. The van der Waals surface area contributed by atoms with Crippen molar-refractivity contribution in [1.29, 1.82) is 0 Å². The zero-order valence-electron chi connectivity index (χ0n) is 9.02. The molecule has 0 atom stereocenters. The molecule has 0 fully saturated rings. The molecule has 0 saturated heterocycles. The van der Waals surface area contributed by atoms with Crippen LogP contribution in [0.5, 0.6) is 0 Å². The third-order valence-corrected chi connectivity index (χ3v) is 2.11. The van der Waals surface area contributed by atoms with Gasteiger partial charge in [-0.05, 0) is 0 Å². The summed E-state index contributed by atoms with van der Waals surface area (Å²) in [5.41, 5.74) is -5.65. The Balaban J connectivity index is 0.000000304. The summed E-state index contributed by atoms with van der Waals surface area (Å²) in [6, 6.07) is 6.14. The predicted octanol–water partition coefficient (Wildman–Crippen LogP) is 1.44. The van der Waals surface area contributed by atoms with E-state index < -0.39 is 15.6 Å². The Morgan fingerprint density at radius 2 is 1.59 bits per heavy atom. The quantitative estimate of drug-likeness (QED) is 0.464. The molecule has 8 heteroatoms. The maximum absolute atomic E-state index is 10.7. The Labute approximate surface area is 97.5 Å². The van der Waals surface area contributed by atoms with Gasteiger partial charge in [-0.15, -0.1) is 0 Å². The molecule has 0 spiro atoms. The van der Waals surface area contributed by atoms with E-state index in [-0.39, 0.29) is 0 Å². The van der Waals surface area contributed by atoms with Crippen molar-refractivity contribution in [3.05, 3.63) is 30.6 Å². The van der Waals surface area contributed by atoms with Crippen molar-refractivity contribution >= 4 is 10.1 Å². The molecule has 0 aromatic carbocycles. The smallest absolute Gasteiger partial charge is 0.485 e. The zero-order chi connectivity index (χ0) is 13.5. The molecule has 98 valence electrons. The summed E-state index contributed by atoms with van der Waals surface area (Å²) >= 11 is 0. The maximum Gasteiger partial charge on any atom is 0.485 e. The minimum Gasteiger partial charge on any atom is -0.741 e. The second-order valence-corrected chi connectivity index (χ2v) is 4.38. The molecule has 1 aromatic heterocycles. The van der Waals surface area contributed by atoms with E-state index in [1.54, 1.807) is 0 Å². The normalized spacial score (nSPS) is 11.6. The van der Waals surface area contributed by atoms with Gasteiger partial charge in [0.05, 0.1) is 0 Å². The number of hydrogen-bond donors (Lipinski definition) is 0. The van der Waals surface area contributed by atoms with Crippen LogP contribution in [-0.2, 0) is 16.7 Å². The summed E-state index contributed by atoms with van der Waals surface area (Å²) in [7, 11) is -6.09. The summed E-state index contributed by atoms with van der Waals surface area (Å²) in [4.78, 5) is 0. The van der Waals surface area contributed by atoms with Crippen LogP contribution in [0.3, 0.4) is 0 Å². The molecule has 0 unspecified atom stereocenters. The topological polar surface area (TPSA) is 61.1 Å². The third-order valence-electron chi connectivity index (χ3n) is 1.54. The number of halogens is 3. The summed E-state index contributed by atoms with van der Waals surface area (Å²) in [6.45, 7) is 3.31. The van der Waals surface area contributed by atoms with Gasteiger partial charge >= 0.3 is 5.51 Å². The molecule has 0 radical (unpaired) electrons. The van der Waals surface area contributed by atoms with E-state index in [1.165, 1.54) is 6.42 Å². The number of hydrogen-bond acceptors (Lipinski definition) is 3. The van der Waals surface area contributed by atoms with Crippen LogP contribution in [0.15, 0.2) is 30.6 Å². The van der Waals surface area contributed by atoms with Gasteiger partial charge in [0.1, 0.15) is 6.54 Å². The molecule has 1 heterocycles. The standard InChI is InChI=1S/C8H12N.CHF3O3S/c1-2-6-9-7-4-3-5-8-9;2-1(3,4)8(5,6)7/h3-5,7-8H,2,6H2,1H3;(H,5,6,7)/q+1;/p-1. The SMILES string of the molecule is CCC[n+]1ccccc1.O=S(=O)([O-])C(F)(F)F. The van der Waals surface area contributed by atoms with Crippen LogP contribution in [0.25, 0.3) is 0 Å². The van der Waals surface area contributed by atoms with Crippen LogP contribution in [0.2, 0.25) is 0 Å². The van der Waals surface area contributed by atoms with Gasteiger partial charge in [0, 0.05) is 18.6 Å². The zero-order valence-corrected chi connectivity index (χ0v) is 9.83. The van der Waals surface area contributed by atoms with Gasteiger partial charge in [-0.25, -0.2) is 13.0 Å². The highest BCUT2D eigenvalue weighted by molar-refractivity contribution is 7.86. The van der Waals surface area contributed by atoms with E-state index in [2.05, 4.69) is 36.0 Å². The van der Waals surface area contributed by atoms with E-state index in [9.17, 15) is 13.2 Å². The molecule has 1 rings (SSSR count). The molecular weight excluding hydrogens is 259 g/mol. The molecule has 0 N–H and O–H groups in total. The van der Waals surface area contributed by atoms with Crippen LogP contribution in [0.1, 0.15) is 13.3 Å². The largest absolute Gasteiger partial charge is 0.741 e. The van der Waals surface area contributed by atoms with Gasteiger partial charge in [-0.3, -0.25) is 0 Å². The summed E-state index contributed by atoms with van der Waals surface area (Å²) in [5, 5.41) is 0. The van der Waals surface area contributed by atoms with Gasteiger partial charge in [0.2, 0.25) is 0 Å². The first kappa shape index (κ1) is 15.9. The van der Waals surface area contributed by atoms with Crippen LogP contribution in [0.4, 0.5) is 13.2 Å². The lowest BCUT2D eigenvalue weighted by molar-refractivity contribution is -0.697. The second-order valence-electron chi connectivity index (χ2n) is 3.01. The minimum absolute atomic E-state index is 1.13. The number of pyridine rings is 1. The molecule has 1 aromatic rings. The lowest BCUT2D eigenvalue weighted by atomic mass is 10.4. The first-order valence-electron chi connectivity index (χ1n) is 4.64. The van der Waals surface area contributed by atoms with Gasteiger partial charge in [0.15, 0.2) is 22.5 Å². The minimum atomic E-state index is -6.09. The number of alkyl halides is 3. The van der Waals surface area contributed by atoms with Crippen LogP contribution in [-0.4, -0.2) is 18.5 Å². The monoisotopic (exact) mass is 271 g/mol. The van der Waals surface area contributed by atoms with Crippen LogP contribution in [0, 0.1) is 0 Å². The van der Waals surface area contributed by atoms with Gasteiger partial charge in [-0.1, -0.05) is 13.0 Å². The fraction of sp³-hybridized carbons (Fsp3) is 0.444. The van der Waals surface area contributed by atoms with Crippen molar-refractivity contribution in [1.82, 2.24) is 0 Å². The molecule has 0 aliphatic carbocycles. The van der Waals surface area contributed by atoms with Gasteiger partial charge in [0.25, 0.3) is 0 Å². The van der Waals surface area contributed by atoms with Crippen molar-refractivity contribution in [2.24, 2.45) is 0 Å². The number of rotatable bonds is 2. The highest BCUT2D eigenvalue weighted by Crippen LogP contribution is 2.20. The van der Waals surface area contributed by atoms with E-state index in [0.29, 0.717) is 0 Å². The average molecular weight is 271 g/mol. The average Bonchev–Trinajstić information content (AvgIpc) is 2.17. The molecule has 17 heavy (non-hydrogen) atoms. The lowest BCUT2D eigenvalue weighted by Gasteiger charge is -2.08. The molecule has 0 saturated carbocycles. The van der Waals surface area contributed by atoms with Gasteiger partial charge < -0.3 is 4.55 Å². The Morgan fingerprint density at radius 3 is 1.88 bits per heavy atom. The van der Waals surface area contributed by atoms with E-state index in [4.69, 9.17) is 13.0 Å². The first-order chi connectivity index (χ1) is 7.68. The van der Waals surface area contributed by atoms with Crippen LogP contribution >= 0.6 is 0 Å². The number of aryl methyl sites for hydroxylation is 1. The Morgan fingerprint density at radius 1 is 1.18 bits per heavy atom. The molecule has 0 aliphatic rings. The fourth-order valence-corrected chi connectivity index (χ4v) is 0.842. The predicted molar refractivity (Wildman–Crippen MR) is 52.7 cm³/mol. The Hall–Kier alpha value is -1.15. The number of nitrogens with zero attached hydrogens (tertiary/aromatic N) is 1. The molecule has 4 nitrogen and oxygen atoms in total. The maximum atomic E-state index is 10.7. The van der Waals surface area contributed by atoms with Crippen molar-refractivity contribution in [3.8, 4) is 0 Å². The van der Waals surface area contributed by atoms with Crippen molar-refractivity contribution in [2.75, 3.05) is 0 Å². The second kappa shape index (κ2) is 6.55. The van der Waals surface area contributed by atoms with Crippen molar-refractivity contribution < 1.29 is 30.7 Å². The summed E-state index contributed by atoms with van der Waals surface area (Å²) in [6.07, 6.45) is 5.38. The highest BCUT2D eigenvalue weighted by atomic mass is 32.2. The molecule has 0 amide bonds.